The number of nitrogens with one attached hydrogen (secondary N) is 1. The number of halogens is 3. The Morgan fingerprint density at radius 1 is 0.922 bits per heavy atom. The van der Waals surface area contributed by atoms with E-state index in [9.17, 15) is 38.0 Å². The van der Waals surface area contributed by atoms with Crippen LogP contribution in [0.25, 0.3) is 0 Å². The van der Waals surface area contributed by atoms with Crippen molar-refractivity contribution in [3.8, 4) is 0 Å². The molecule has 12 nitrogen and oxygen atoms in total. The number of amides is 2. The largest absolute Gasteiger partial charge is 0.471 e. The molecular formula is C36H40F3N5O7. The van der Waals surface area contributed by atoms with E-state index >= 15 is 0 Å². The molecule has 0 aromatic heterocycles. The summed E-state index contributed by atoms with van der Waals surface area (Å²) in [7, 11) is 0. The SMILES string of the molecule is C[C@@H]1[C@H](CN2CCN(c3ccc([N+](=O)[O-])cc3)CC2)O[C@H](c2ccc(NC(=O)[C@@H]3CCCN3C(=O)C(F)(F)F)cc2)O[C@@H]1c1ccc(CO)cc1. The number of carbonyl (C=O) groups excluding carboxylic acids is 2. The van der Waals surface area contributed by atoms with E-state index in [2.05, 4.69) is 22.0 Å². The van der Waals surface area contributed by atoms with Gasteiger partial charge in [-0.15, -0.1) is 0 Å². The van der Waals surface area contributed by atoms with Crippen molar-refractivity contribution >= 4 is 28.9 Å². The first-order valence-corrected chi connectivity index (χ1v) is 16.9. The highest BCUT2D eigenvalue weighted by Gasteiger charge is 2.47. The summed E-state index contributed by atoms with van der Waals surface area (Å²) in [4.78, 5) is 40.5. The Kier molecular flexibility index (Phi) is 10.9. The van der Waals surface area contributed by atoms with Crippen LogP contribution in [0.4, 0.5) is 30.2 Å². The summed E-state index contributed by atoms with van der Waals surface area (Å²) in [6, 6.07) is 19.6. The Morgan fingerprint density at radius 3 is 2.18 bits per heavy atom. The summed E-state index contributed by atoms with van der Waals surface area (Å²) in [6.45, 7) is 5.48. The average Bonchev–Trinajstić information content (AvgIpc) is 3.63. The van der Waals surface area contributed by atoms with Gasteiger partial charge in [0.1, 0.15) is 6.04 Å². The smallest absolute Gasteiger partial charge is 0.392 e. The number of likely N-dealkylation sites (tertiary alicyclic amines) is 1. The van der Waals surface area contributed by atoms with Gasteiger partial charge in [0.05, 0.1) is 23.7 Å². The van der Waals surface area contributed by atoms with Crippen LogP contribution in [0.3, 0.4) is 0 Å². The average molecular weight is 712 g/mol. The number of hydrogen-bond donors (Lipinski definition) is 2. The van der Waals surface area contributed by atoms with Gasteiger partial charge in [-0.1, -0.05) is 43.3 Å². The molecule has 0 radical (unpaired) electrons. The molecule has 6 rings (SSSR count). The number of benzene rings is 3. The molecule has 0 unspecified atom stereocenters. The molecule has 51 heavy (non-hydrogen) atoms. The van der Waals surface area contributed by atoms with Crippen LogP contribution in [0.5, 0.6) is 0 Å². The zero-order valence-electron chi connectivity index (χ0n) is 28.0. The third-order valence-electron chi connectivity index (χ3n) is 9.87. The van der Waals surface area contributed by atoms with Crippen molar-refractivity contribution in [3.05, 3.63) is 99.6 Å². The maximum absolute atomic E-state index is 13.1. The second-order valence-electron chi connectivity index (χ2n) is 13.1. The van der Waals surface area contributed by atoms with Crippen molar-refractivity contribution in [2.24, 2.45) is 5.92 Å². The highest BCUT2D eigenvalue weighted by Crippen LogP contribution is 2.42. The highest BCUT2D eigenvalue weighted by molar-refractivity contribution is 5.98. The van der Waals surface area contributed by atoms with Gasteiger partial charge in [-0.05, 0) is 48.2 Å². The molecule has 272 valence electrons. The monoisotopic (exact) mass is 711 g/mol. The molecule has 3 aromatic rings. The minimum Gasteiger partial charge on any atom is -0.392 e. The zero-order chi connectivity index (χ0) is 36.3. The Bertz CT molecular complexity index is 1680. The van der Waals surface area contributed by atoms with E-state index in [1.807, 2.05) is 24.3 Å². The number of ether oxygens (including phenoxy) is 2. The molecule has 2 amide bonds. The lowest BCUT2D eigenvalue weighted by molar-refractivity contribution is -0.384. The van der Waals surface area contributed by atoms with Crippen LogP contribution < -0.4 is 10.2 Å². The zero-order valence-corrected chi connectivity index (χ0v) is 28.0. The number of aliphatic hydroxyl groups is 1. The van der Waals surface area contributed by atoms with E-state index in [4.69, 9.17) is 9.47 Å². The number of anilines is 2. The fraction of sp³-hybridized carbons (Fsp3) is 0.444. The van der Waals surface area contributed by atoms with Crippen LogP contribution in [-0.2, 0) is 25.7 Å². The quantitative estimate of drug-likeness (QED) is 0.227. The van der Waals surface area contributed by atoms with Crippen molar-refractivity contribution < 1.29 is 42.3 Å². The first kappa shape index (κ1) is 36.2. The molecular weight excluding hydrogens is 671 g/mol. The van der Waals surface area contributed by atoms with Gasteiger partial charge in [-0.2, -0.15) is 13.2 Å². The van der Waals surface area contributed by atoms with Gasteiger partial charge < -0.3 is 29.7 Å². The van der Waals surface area contributed by atoms with Gasteiger partial charge in [0.2, 0.25) is 5.91 Å². The van der Waals surface area contributed by atoms with Crippen LogP contribution in [0.15, 0.2) is 72.8 Å². The summed E-state index contributed by atoms with van der Waals surface area (Å²) >= 11 is 0. The molecule has 0 bridgehead atoms. The number of nitrogens with zero attached hydrogens (tertiary/aromatic N) is 4. The maximum atomic E-state index is 13.1. The fourth-order valence-corrected chi connectivity index (χ4v) is 6.95. The van der Waals surface area contributed by atoms with E-state index in [0.29, 0.717) is 29.1 Å². The summed E-state index contributed by atoms with van der Waals surface area (Å²) in [5, 5.41) is 23.3. The predicted octanol–water partition coefficient (Wildman–Crippen LogP) is 5.19. The molecule has 0 spiro atoms. The molecule has 2 N–H and O–H groups in total. The predicted molar refractivity (Wildman–Crippen MR) is 181 cm³/mol. The van der Waals surface area contributed by atoms with Crippen LogP contribution in [0.2, 0.25) is 0 Å². The standard InChI is InChI=1S/C36H40F3N5O7/c1-23-31(21-41-17-19-42(20-18-41)28-12-14-29(15-13-28)44(48)49)50-34(51-32(23)25-6-4-24(22-45)5-7-25)26-8-10-27(11-9-26)40-33(46)30-3-2-16-43(30)35(47)36(37,38)39/h4-15,23,30-32,34,45H,2-3,16-22H2,1H3,(H,40,46)/t23-,30+,31+,32+,34+/m1/s1. The number of hydrogen-bond acceptors (Lipinski definition) is 9. The molecule has 3 aliphatic rings. The molecule has 3 aromatic carbocycles. The second kappa shape index (κ2) is 15.4. The fourth-order valence-electron chi connectivity index (χ4n) is 6.95. The summed E-state index contributed by atoms with van der Waals surface area (Å²) < 4.78 is 52.3. The van der Waals surface area contributed by atoms with Gasteiger partial charge in [-0.3, -0.25) is 24.6 Å². The van der Waals surface area contributed by atoms with E-state index in [0.717, 1.165) is 43.0 Å². The van der Waals surface area contributed by atoms with E-state index in [1.54, 1.807) is 36.4 Å². The number of rotatable bonds is 9. The van der Waals surface area contributed by atoms with Gasteiger partial charge in [-0.25, -0.2) is 0 Å². The molecule has 0 saturated carbocycles. The number of non-ortho nitro benzene ring substituents is 1. The van der Waals surface area contributed by atoms with Gasteiger partial charge in [0, 0.05) is 74.3 Å². The van der Waals surface area contributed by atoms with Gasteiger partial charge >= 0.3 is 12.1 Å². The third kappa shape index (κ3) is 8.33. The molecule has 3 fully saturated rings. The molecule has 0 aliphatic carbocycles. The minimum absolute atomic E-state index is 0.0514. The normalized spacial score (nSPS) is 24.4. The lowest BCUT2D eigenvalue weighted by atomic mass is 9.90. The lowest BCUT2D eigenvalue weighted by Gasteiger charge is -2.44. The van der Waals surface area contributed by atoms with E-state index in [1.165, 1.54) is 12.1 Å². The van der Waals surface area contributed by atoms with Crippen molar-refractivity contribution in [2.45, 2.75) is 57.1 Å². The Labute approximate surface area is 292 Å². The van der Waals surface area contributed by atoms with E-state index < -0.39 is 35.2 Å². The summed E-state index contributed by atoms with van der Waals surface area (Å²) in [5.74, 6) is -2.75. The maximum Gasteiger partial charge on any atom is 0.471 e. The van der Waals surface area contributed by atoms with Crippen LogP contribution in [0, 0.1) is 16.0 Å². The van der Waals surface area contributed by atoms with Crippen LogP contribution in [0.1, 0.15) is 48.8 Å². The lowest BCUT2D eigenvalue weighted by Crippen LogP contribution is -2.51. The summed E-state index contributed by atoms with van der Waals surface area (Å²) in [6.07, 6.45) is -5.97. The number of carbonyl (C=O) groups is 2. The number of nitro benzene ring substituents is 1. The molecule has 3 aliphatic heterocycles. The van der Waals surface area contributed by atoms with Gasteiger partial charge in [0.25, 0.3) is 5.69 Å². The second-order valence-corrected chi connectivity index (χ2v) is 13.1. The van der Waals surface area contributed by atoms with E-state index in [-0.39, 0.29) is 43.4 Å². The van der Waals surface area contributed by atoms with Crippen molar-refractivity contribution in [1.82, 2.24) is 9.80 Å². The Hall–Kier alpha value is -4.57. The molecule has 3 heterocycles. The van der Waals surface area contributed by atoms with Crippen molar-refractivity contribution in [2.75, 3.05) is 49.5 Å². The van der Waals surface area contributed by atoms with Crippen molar-refractivity contribution in [3.63, 3.8) is 0 Å². The number of piperazine rings is 1. The highest BCUT2D eigenvalue weighted by atomic mass is 19.4. The van der Waals surface area contributed by atoms with Crippen LogP contribution in [-0.4, -0.2) is 89.2 Å². The molecule has 15 heteroatoms. The third-order valence-corrected chi connectivity index (χ3v) is 9.87. The number of alkyl halides is 3. The van der Waals surface area contributed by atoms with Crippen molar-refractivity contribution in [1.29, 1.82) is 0 Å². The number of nitro groups is 1. The Balaban J connectivity index is 1.13. The molecule has 3 saturated heterocycles. The molecule has 5 atom stereocenters. The Morgan fingerprint density at radius 2 is 1.57 bits per heavy atom. The first-order valence-electron chi connectivity index (χ1n) is 16.9. The number of aliphatic hydroxyl groups excluding tert-OH is 1. The van der Waals surface area contributed by atoms with Crippen LogP contribution >= 0.6 is 0 Å². The summed E-state index contributed by atoms with van der Waals surface area (Å²) in [5.41, 5.74) is 3.73. The topological polar surface area (TPSA) is 138 Å². The van der Waals surface area contributed by atoms with Gasteiger partial charge in [0.15, 0.2) is 6.29 Å². The minimum atomic E-state index is -5.05. The first-order chi connectivity index (χ1) is 24.4.